The van der Waals surface area contributed by atoms with E-state index in [1.165, 1.54) is 12.1 Å². The van der Waals surface area contributed by atoms with E-state index >= 15 is 0 Å². The number of esters is 1. The summed E-state index contributed by atoms with van der Waals surface area (Å²) in [7, 11) is -4.01. The number of rotatable bonds is 6. The molecule has 128 valence electrons. The fourth-order valence-corrected chi connectivity index (χ4v) is 4.58. The molecule has 0 radical (unpaired) electrons. The molecule has 2 aromatic rings. The number of carbonyl (C=O) groups is 1. The predicted octanol–water partition coefficient (Wildman–Crippen LogP) is 3.94. The molecule has 7 heteroatoms. The van der Waals surface area contributed by atoms with Gasteiger partial charge < -0.3 is 4.74 Å². The second-order valence-electron chi connectivity index (χ2n) is 5.05. The lowest BCUT2D eigenvalue weighted by atomic mass is 10.1. The fraction of sp³-hybridized carbons (Fsp3) is 0.235. The fourth-order valence-electron chi connectivity index (χ4n) is 2.26. The summed E-state index contributed by atoms with van der Waals surface area (Å²) in [5.74, 6) is -0.808. The van der Waals surface area contributed by atoms with E-state index in [9.17, 15) is 13.2 Å². The number of benzene rings is 2. The van der Waals surface area contributed by atoms with Crippen LogP contribution in [-0.2, 0) is 25.8 Å². The molecule has 1 atom stereocenters. The average Bonchev–Trinajstić information content (AvgIpc) is 2.53. The molecule has 0 aliphatic carbocycles. The molecule has 4 nitrogen and oxygen atoms in total. The Morgan fingerprint density at radius 3 is 2.46 bits per heavy atom. The van der Waals surface area contributed by atoms with E-state index in [0.29, 0.717) is 10.6 Å². The molecule has 0 saturated carbocycles. The van der Waals surface area contributed by atoms with E-state index in [0.717, 1.165) is 0 Å². The molecule has 1 unspecified atom stereocenters. The molecule has 0 aliphatic rings. The second-order valence-corrected chi connectivity index (χ2v) is 7.99. The maximum Gasteiger partial charge on any atom is 0.325 e. The van der Waals surface area contributed by atoms with Crippen molar-refractivity contribution >= 4 is 39.0 Å². The minimum atomic E-state index is -4.01. The molecule has 2 rings (SSSR count). The van der Waals surface area contributed by atoms with Gasteiger partial charge in [-0.2, -0.15) is 0 Å². The van der Waals surface area contributed by atoms with Gasteiger partial charge in [-0.1, -0.05) is 47.5 Å². The molecule has 0 spiro atoms. The Hall–Kier alpha value is -1.56. The predicted molar refractivity (Wildman–Crippen MR) is 94.2 cm³/mol. The van der Waals surface area contributed by atoms with E-state index in [-0.39, 0.29) is 22.9 Å². The Balaban J connectivity index is 2.46. The van der Waals surface area contributed by atoms with Gasteiger partial charge in [0.15, 0.2) is 15.1 Å². The van der Waals surface area contributed by atoms with Crippen molar-refractivity contribution in [2.24, 2.45) is 0 Å². The Bertz CT molecular complexity index is 834. The highest BCUT2D eigenvalue weighted by atomic mass is 35.5. The Morgan fingerprint density at radius 1 is 1.12 bits per heavy atom. The summed E-state index contributed by atoms with van der Waals surface area (Å²) in [6, 6.07) is 12.7. The number of ether oxygens (including phenoxy) is 1. The van der Waals surface area contributed by atoms with Gasteiger partial charge in [0.1, 0.15) is 0 Å². The zero-order chi connectivity index (χ0) is 17.7. The molecule has 2 aromatic carbocycles. The van der Waals surface area contributed by atoms with Crippen LogP contribution in [0, 0.1) is 0 Å². The molecule has 0 heterocycles. The summed E-state index contributed by atoms with van der Waals surface area (Å²) < 4.78 is 30.8. The molecular formula is C17H16Cl2O4S. The molecule has 0 N–H and O–H groups in total. The van der Waals surface area contributed by atoms with Gasteiger partial charge in [-0.15, -0.1) is 0 Å². The highest BCUT2D eigenvalue weighted by Gasteiger charge is 2.36. The maximum atomic E-state index is 12.9. The van der Waals surface area contributed by atoms with Crippen molar-refractivity contribution in [2.45, 2.75) is 23.5 Å². The zero-order valence-corrected chi connectivity index (χ0v) is 15.2. The van der Waals surface area contributed by atoms with Crippen LogP contribution >= 0.6 is 23.2 Å². The van der Waals surface area contributed by atoms with Crippen LogP contribution in [-0.4, -0.2) is 26.2 Å². The minimum absolute atomic E-state index is 0.0487. The smallest absolute Gasteiger partial charge is 0.325 e. The zero-order valence-electron chi connectivity index (χ0n) is 12.9. The Labute approximate surface area is 151 Å². The number of hydrogen-bond donors (Lipinski definition) is 0. The standard InChI is InChI=1S/C17H16Cl2O4S/c1-2-23-17(20)16(11-12-6-5-7-13(18)10-12)24(21,22)15-9-4-3-8-14(15)19/h3-10,16H,2,11H2,1H3. The summed E-state index contributed by atoms with van der Waals surface area (Å²) in [5, 5.41) is -0.862. The van der Waals surface area contributed by atoms with E-state index < -0.39 is 21.1 Å². The number of carbonyl (C=O) groups excluding carboxylic acids is 1. The van der Waals surface area contributed by atoms with Crippen molar-refractivity contribution in [3.05, 3.63) is 64.1 Å². The summed E-state index contributed by atoms with van der Waals surface area (Å²) in [4.78, 5) is 12.2. The van der Waals surface area contributed by atoms with Crippen LogP contribution in [0.3, 0.4) is 0 Å². The lowest BCUT2D eigenvalue weighted by Crippen LogP contribution is -2.34. The molecule has 0 fully saturated rings. The highest BCUT2D eigenvalue weighted by molar-refractivity contribution is 7.93. The van der Waals surface area contributed by atoms with Crippen LogP contribution in [0.1, 0.15) is 12.5 Å². The Kier molecular flexibility index (Phi) is 6.27. The highest BCUT2D eigenvalue weighted by Crippen LogP contribution is 2.27. The van der Waals surface area contributed by atoms with Gasteiger partial charge in [0.25, 0.3) is 0 Å². The normalized spacial score (nSPS) is 12.6. The van der Waals surface area contributed by atoms with Crippen molar-refractivity contribution in [3.8, 4) is 0 Å². The summed E-state index contributed by atoms with van der Waals surface area (Å²) in [6.45, 7) is 1.71. The first-order valence-corrected chi connectivity index (χ1v) is 9.56. The molecule has 0 bridgehead atoms. The van der Waals surface area contributed by atoms with Crippen LogP contribution < -0.4 is 0 Å². The maximum absolute atomic E-state index is 12.9. The van der Waals surface area contributed by atoms with Gasteiger partial charge in [-0.05, 0) is 36.8 Å². The minimum Gasteiger partial charge on any atom is -0.465 e. The van der Waals surface area contributed by atoms with Gasteiger partial charge in [0.05, 0.1) is 16.5 Å². The van der Waals surface area contributed by atoms with E-state index in [1.54, 1.807) is 43.3 Å². The monoisotopic (exact) mass is 386 g/mol. The first-order valence-electron chi connectivity index (χ1n) is 7.25. The summed E-state index contributed by atoms with van der Waals surface area (Å²) >= 11 is 11.9. The quantitative estimate of drug-likeness (QED) is 0.705. The molecule has 0 amide bonds. The molecule has 0 saturated heterocycles. The average molecular weight is 387 g/mol. The lowest BCUT2D eigenvalue weighted by molar-refractivity contribution is -0.142. The van der Waals surface area contributed by atoms with Crippen LogP contribution in [0.15, 0.2) is 53.4 Å². The van der Waals surface area contributed by atoms with E-state index in [2.05, 4.69) is 0 Å². The van der Waals surface area contributed by atoms with Crippen molar-refractivity contribution in [1.29, 1.82) is 0 Å². The third kappa shape index (κ3) is 4.29. The van der Waals surface area contributed by atoms with Gasteiger partial charge >= 0.3 is 5.97 Å². The number of hydrogen-bond acceptors (Lipinski definition) is 4. The van der Waals surface area contributed by atoms with Crippen molar-refractivity contribution in [3.63, 3.8) is 0 Å². The first kappa shape index (κ1) is 18.8. The van der Waals surface area contributed by atoms with Crippen LogP contribution in [0.25, 0.3) is 0 Å². The lowest BCUT2D eigenvalue weighted by Gasteiger charge is -2.17. The van der Waals surface area contributed by atoms with E-state index in [1.807, 2.05) is 0 Å². The summed E-state index contributed by atoms with van der Waals surface area (Å²) in [6.07, 6.45) is -0.0487. The Morgan fingerprint density at radius 2 is 1.83 bits per heavy atom. The van der Waals surface area contributed by atoms with Gasteiger partial charge in [0, 0.05) is 11.4 Å². The number of halogens is 2. The molecule has 24 heavy (non-hydrogen) atoms. The third-order valence-corrected chi connectivity index (χ3v) is 6.13. The van der Waals surface area contributed by atoms with Crippen molar-refractivity contribution < 1.29 is 17.9 Å². The molecular weight excluding hydrogens is 371 g/mol. The van der Waals surface area contributed by atoms with Crippen LogP contribution in [0.5, 0.6) is 0 Å². The number of sulfone groups is 1. The van der Waals surface area contributed by atoms with Gasteiger partial charge in [-0.25, -0.2) is 8.42 Å². The summed E-state index contributed by atoms with van der Waals surface area (Å²) in [5.41, 5.74) is 0.621. The van der Waals surface area contributed by atoms with Gasteiger partial charge in [0.2, 0.25) is 0 Å². The van der Waals surface area contributed by atoms with Crippen LogP contribution in [0.4, 0.5) is 0 Å². The van der Waals surface area contributed by atoms with E-state index in [4.69, 9.17) is 27.9 Å². The largest absolute Gasteiger partial charge is 0.465 e. The van der Waals surface area contributed by atoms with Crippen molar-refractivity contribution in [1.82, 2.24) is 0 Å². The topological polar surface area (TPSA) is 60.4 Å². The van der Waals surface area contributed by atoms with Crippen molar-refractivity contribution in [2.75, 3.05) is 6.61 Å². The van der Waals surface area contributed by atoms with Crippen LogP contribution in [0.2, 0.25) is 10.0 Å². The third-order valence-electron chi connectivity index (χ3n) is 3.38. The van der Waals surface area contributed by atoms with Gasteiger partial charge in [-0.3, -0.25) is 4.79 Å². The first-order chi connectivity index (χ1) is 11.4. The second kappa shape index (κ2) is 8.01. The molecule has 0 aliphatic heterocycles. The SMILES string of the molecule is CCOC(=O)C(Cc1cccc(Cl)c1)S(=O)(=O)c1ccccc1Cl. The molecule has 0 aromatic heterocycles.